The van der Waals surface area contributed by atoms with E-state index in [2.05, 4.69) is 10.6 Å². The van der Waals surface area contributed by atoms with Crippen molar-refractivity contribution in [3.8, 4) is 17.3 Å². The minimum Gasteiger partial charge on any atom is -0.455 e. The van der Waals surface area contributed by atoms with E-state index < -0.39 is 11.8 Å². The summed E-state index contributed by atoms with van der Waals surface area (Å²) in [5.74, 6) is 0. The molecule has 3 nitrogen and oxygen atoms in total. The Kier molecular flexibility index (Phi) is 4.13. The highest BCUT2D eigenvalue weighted by molar-refractivity contribution is 6.12. The summed E-state index contributed by atoms with van der Waals surface area (Å²) in [5, 5.41) is 11.5. The Labute approximate surface area is 181 Å². The van der Waals surface area contributed by atoms with Gasteiger partial charge in [0, 0.05) is 32.6 Å². The van der Waals surface area contributed by atoms with E-state index in [0.717, 1.165) is 44.4 Å². The Bertz CT molecular complexity index is 1430. The number of benzene rings is 2. The molecule has 3 heteroatoms. The summed E-state index contributed by atoms with van der Waals surface area (Å²) in [6.07, 6.45) is -1.51. The first kappa shape index (κ1) is 17.7. The van der Waals surface area contributed by atoms with Crippen molar-refractivity contribution in [3.05, 3.63) is 64.3 Å². The van der Waals surface area contributed by atoms with Crippen molar-refractivity contribution in [2.24, 2.45) is 12.5 Å². The first-order valence-corrected chi connectivity index (χ1v) is 10.2. The molecule has 0 aliphatic rings. The molecule has 0 saturated carbocycles. The molecular weight excluding hydrogens is 368 g/mol. The van der Waals surface area contributed by atoms with Gasteiger partial charge in [0.15, 0.2) is 5.69 Å². The van der Waals surface area contributed by atoms with Gasteiger partial charge in [-0.2, -0.15) is 9.83 Å². The van der Waals surface area contributed by atoms with Crippen molar-refractivity contribution in [3.63, 3.8) is 0 Å². The van der Waals surface area contributed by atoms with Crippen molar-refractivity contribution in [2.45, 2.75) is 47.9 Å². The topological polar surface area (TPSA) is 40.8 Å². The zero-order valence-corrected chi connectivity index (χ0v) is 18.8. The van der Waals surface area contributed by atoms with E-state index in [-0.39, 0.29) is 0 Å². The van der Waals surface area contributed by atoms with Gasteiger partial charge in [-0.1, -0.05) is 32.9 Å². The molecule has 0 bridgehead atoms. The lowest BCUT2D eigenvalue weighted by atomic mass is 9.87. The van der Waals surface area contributed by atoms with Crippen LogP contribution >= 0.6 is 0 Å². The molecule has 0 N–H and O–H groups in total. The minimum atomic E-state index is -1.51. The Hall–Kier alpha value is -3.12. The third kappa shape index (κ3) is 3.37. The van der Waals surface area contributed by atoms with Crippen molar-refractivity contribution in [2.75, 3.05) is 0 Å². The van der Waals surface area contributed by atoms with Gasteiger partial charge in [-0.05, 0) is 54.5 Å². The number of rotatable bonds is 2. The van der Waals surface area contributed by atoms with E-state index in [1.54, 1.807) is 0 Å². The third-order valence-electron chi connectivity index (χ3n) is 5.54. The SMILES string of the molecule is [2H]C([2H])(c1cc(C)[n+](C)c(-c2c(C)ccc3c2oc2cc(C)cc(C#N)c23)c1)C(C)(C)C. The zero-order valence-electron chi connectivity index (χ0n) is 20.8. The smallest absolute Gasteiger partial charge is 0.216 e. The number of pyridine rings is 1. The summed E-state index contributed by atoms with van der Waals surface area (Å²) in [6.45, 7) is 11.8. The monoisotopic (exact) mass is 399 g/mol. The number of nitrogens with zero attached hydrogens (tertiary/aromatic N) is 2. The molecule has 0 amide bonds. The maximum absolute atomic E-state index is 9.72. The highest BCUT2D eigenvalue weighted by Gasteiger charge is 2.24. The fourth-order valence-electron chi connectivity index (χ4n) is 4.15. The molecule has 30 heavy (non-hydrogen) atoms. The van der Waals surface area contributed by atoms with Crippen LogP contribution in [0.25, 0.3) is 33.2 Å². The predicted molar refractivity (Wildman–Crippen MR) is 122 cm³/mol. The molecule has 4 aromatic rings. The molecule has 0 saturated heterocycles. The highest BCUT2D eigenvalue weighted by Crippen LogP contribution is 2.39. The molecule has 0 atom stereocenters. The quantitative estimate of drug-likeness (QED) is 0.363. The second-order valence-corrected chi connectivity index (χ2v) is 9.24. The number of nitriles is 1. The molecule has 0 spiro atoms. The van der Waals surface area contributed by atoms with Gasteiger partial charge in [0.05, 0.1) is 17.2 Å². The summed E-state index contributed by atoms with van der Waals surface area (Å²) in [7, 11) is 1.99. The van der Waals surface area contributed by atoms with Gasteiger partial charge in [-0.15, -0.1) is 0 Å². The fourth-order valence-corrected chi connectivity index (χ4v) is 4.15. The molecule has 0 fully saturated rings. The number of hydrogen-bond acceptors (Lipinski definition) is 2. The third-order valence-corrected chi connectivity index (χ3v) is 5.54. The lowest BCUT2D eigenvalue weighted by Gasteiger charge is -2.18. The summed E-state index contributed by atoms with van der Waals surface area (Å²) in [6, 6.07) is 14.1. The van der Waals surface area contributed by atoms with Crippen LogP contribution in [0, 0.1) is 37.5 Å². The molecule has 2 aromatic heterocycles. The molecule has 152 valence electrons. The van der Waals surface area contributed by atoms with Crippen LogP contribution in [0.4, 0.5) is 0 Å². The Morgan fingerprint density at radius 2 is 1.83 bits per heavy atom. The fraction of sp³-hybridized carbons (Fsp3) is 0.333. The van der Waals surface area contributed by atoms with Crippen molar-refractivity contribution >= 4 is 21.9 Å². The zero-order chi connectivity index (χ0) is 23.6. The number of furan rings is 1. The summed E-state index contributed by atoms with van der Waals surface area (Å²) in [4.78, 5) is 0. The van der Waals surface area contributed by atoms with Crippen LogP contribution < -0.4 is 4.57 Å². The Morgan fingerprint density at radius 1 is 1.10 bits per heavy atom. The minimum absolute atomic E-state index is 0.559. The van der Waals surface area contributed by atoms with Crippen LogP contribution in [-0.4, -0.2) is 0 Å². The lowest BCUT2D eigenvalue weighted by molar-refractivity contribution is -0.666. The molecule has 0 aliphatic carbocycles. The molecule has 2 aromatic carbocycles. The average Bonchev–Trinajstić information content (AvgIpc) is 3.06. The molecule has 0 aliphatic heterocycles. The van der Waals surface area contributed by atoms with Crippen LogP contribution in [0.1, 0.15) is 51.5 Å². The maximum Gasteiger partial charge on any atom is 0.216 e. The Balaban J connectivity index is 2.12. The molecule has 4 rings (SSSR count). The predicted octanol–water partition coefficient (Wildman–Crippen LogP) is 6.46. The molecular formula is C27H29N2O+. The molecule has 0 radical (unpaired) electrons. The standard InChI is InChI=1S/C27H29N2O/c1-16-10-20(15-28)25-21-9-8-17(2)24(26(21)30-23(25)11-16)22-13-19(14-27(4,5)6)12-18(3)29(22)7/h8-13H,14H2,1-7H3/q+1/i14D2. The van der Waals surface area contributed by atoms with E-state index in [9.17, 15) is 5.26 Å². The van der Waals surface area contributed by atoms with E-state index >= 15 is 0 Å². The first-order valence-electron chi connectivity index (χ1n) is 11.2. The Morgan fingerprint density at radius 3 is 2.50 bits per heavy atom. The first-order chi connectivity index (χ1) is 14.9. The van der Waals surface area contributed by atoms with E-state index in [1.807, 2.05) is 85.0 Å². The maximum atomic E-state index is 9.72. The van der Waals surface area contributed by atoms with Gasteiger partial charge < -0.3 is 4.42 Å². The van der Waals surface area contributed by atoms with E-state index in [0.29, 0.717) is 16.7 Å². The second kappa shape index (κ2) is 6.99. The van der Waals surface area contributed by atoms with Crippen LogP contribution in [-0.2, 0) is 13.4 Å². The van der Waals surface area contributed by atoms with Gasteiger partial charge in [0.2, 0.25) is 5.69 Å². The van der Waals surface area contributed by atoms with Crippen molar-refractivity contribution in [1.82, 2.24) is 0 Å². The highest BCUT2D eigenvalue weighted by atomic mass is 16.3. The van der Waals surface area contributed by atoms with Crippen LogP contribution in [0.15, 0.2) is 40.8 Å². The summed E-state index contributed by atoms with van der Waals surface area (Å²) in [5.41, 5.74) is 6.92. The molecule has 0 unspecified atom stereocenters. The second-order valence-electron chi connectivity index (χ2n) is 9.24. The van der Waals surface area contributed by atoms with Crippen molar-refractivity contribution in [1.29, 1.82) is 5.26 Å². The average molecular weight is 400 g/mol. The van der Waals surface area contributed by atoms with Crippen LogP contribution in [0.5, 0.6) is 0 Å². The van der Waals surface area contributed by atoms with Gasteiger partial charge in [0.1, 0.15) is 18.2 Å². The van der Waals surface area contributed by atoms with Gasteiger partial charge in [-0.3, -0.25) is 0 Å². The number of fused-ring (bicyclic) bond motifs is 3. The van der Waals surface area contributed by atoms with E-state index in [4.69, 9.17) is 7.16 Å². The summed E-state index contributed by atoms with van der Waals surface area (Å²) >= 11 is 0. The van der Waals surface area contributed by atoms with Gasteiger partial charge in [-0.25, -0.2) is 0 Å². The van der Waals surface area contributed by atoms with Gasteiger partial charge in [0.25, 0.3) is 0 Å². The molecule has 2 heterocycles. The number of hydrogen-bond donors (Lipinski definition) is 0. The van der Waals surface area contributed by atoms with Crippen molar-refractivity contribution < 1.29 is 11.7 Å². The van der Waals surface area contributed by atoms with Crippen LogP contribution in [0.3, 0.4) is 0 Å². The number of aromatic nitrogens is 1. The van der Waals surface area contributed by atoms with E-state index in [1.165, 1.54) is 0 Å². The summed E-state index contributed by atoms with van der Waals surface area (Å²) < 4.78 is 26.1. The largest absolute Gasteiger partial charge is 0.455 e. The normalized spacial score (nSPS) is 13.4. The number of aryl methyl sites for hydroxylation is 3. The van der Waals surface area contributed by atoms with Gasteiger partial charge >= 0.3 is 0 Å². The van der Waals surface area contributed by atoms with Crippen LogP contribution in [0.2, 0.25) is 0 Å². The lowest BCUT2D eigenvalue weighted by Crippen LogP contribution is -2.35.